The number of carbonyl (C=O) groups excluding carboxylic acids is 1. The van der Waals surface area contributed by atoms with E-state index in [2.05, 4.69) is 0 Å². The van der Waals surface area contributed by atoms with Gasteiger partial charge in [0.15, 0.2) is 5.17 Å². The van der Waals surface area contributed by atoms with Crippen LogP contribution in [0.1, 0.15) is 0 Å². The van der Waals surface area contributed by atoms with E-state index >= 15 is 0 Å². The minimum atomic E-state index is -0.464. The maximum absolute atomic E-state index is 11.2. The Bertz CT molecular complexity index is 348. The van der Waals surface area contributed by atoms with Gasteiger partial charge in [0.1, 0.15) is 0 Å². The third kappa shape index (κ3) is 2.84. The summed E-state index contributed by atoms with van der Waals surface area (Å²) in [6.07, 6.45) is 12.2. The zero-order valence-electron chi connectivity index (χ0n) is 6.83. The molecule has 0 aliphatic heterocycles. The number of rotatable bonds is 2. The van der Waals surface area contributed by atoms with Crippen LogP contribution in [-0.4, -0.2) is 11.0 Å². The van der Waals surface area contributed by atoms with Crippen molar-refractivity contribution in [3.05, 3.63) is 48.1 Å². The van der Waals surface area contributed by atoms with Crippen molar-refractivity contribution in [1.29, 1.82) is 5.41 Å². The third-order valence-electron chi connectivity index (χ3n) is 1.46. The third-order valence-corrected chi connectivity index (χ3v) is 1.63. The summed E-state index contributed by atoms with van der Waals surface area (Å²) in [5.74, 6) is -0.460. The molecule has 66 valence electrons. The number of hydrogen-bond acceptors (Lipinski definition) is 2. The first-order valence-corrected chi connectivity index (χ1v) is 4.10. The first kappa shape index (κ1) is 9.68. The SMILES string of the molecule is N=C(Cl)C(=O)C1=C/C=C\C=C/C=C\1. The number of Topliss-reactive ketones (excluding diaryl/α,β-unsaturated/α-hetero) is 1. The zero-order valence-corrected chi connectivity index (χ0v) is 7.58. The summed E-state index contributed by atoms with van der Waals surface area (Å²) in [5.41, 5.74) is 0.417. The Morgan fingerprint density at radius 1 is 1.15 bits per heavy atom. The van der Waals surface area contributed by atoms with Gasteiger partial charge >= 0.3 is 0 Å². The van der Waals surface area contributed by atoms with Crippen molar-refractivity contribution < 1.29 is 4.79 Å². The first-order chi connectivity index (χ1) is 6.22. The molecule has 1 rings (SSSR count). The predicted octanol–water partition coefficient (Wildman–Crippen LogP) is 2.38. The number of nitrogens with one attached hydrogen (secondary N) is 1. The number of hydrogen-bond donors (Lipinski definition) is 1. The van der Waals surface area contributed by atoms with Gasteiger partial charge in [0.2, 0.25) is 5.78 Å². The second-order valence-corrected chi connectivity index (χ2v) is 2.77. The van der Waals surface area contributed by atoms with Gasteiger partial charge in [0.05, 0.1) is 0 Å². The molecule has 0 fully saturated rings. The van der Waals surface area contributed by atoms with Crippen LogP contribution in [0.15, 0.2) is 48.1 Å². The monoisotopic (exact) mass is 193 g/mol. The Morgan fingerprint density at radius 2 is 1.77 bits per heavy atom. The Kier molecular flexibility index (Phi) is 3.41. The quantitative estimate of drug-likeness (QED) is 0.673. The van der Waals surface area contributed by atoms with Gasteiger partial charge < -0.3 is 0 Å². The van der Waals surface area contributed by atoms with E-state index in [1.165, 1.54) is 0 Å². The van der Waals surface area contributed by atoms with E-state index in [9.17, 15) is 4.79 Å². The smallest absolute Gasteiger partial charge is 0.222 e. The predicted molar refractivity (Wildman–Crippen MR) is 54.1 cm³/mol. The summed E-state index contributed by atoms with van der Waals surface area (Å²) in [5, 5.41) is 6.50. The molecule has 1 aliphatic carbocycles. The highest BCUT2D eigenvalue weighted by atomic mass is 35.5. The number of carbonyl (C=O) groups is 1. The normalized spacial score (nSPS) is 26.1. The van der Waals surface area contributed by atoms with Crippen LogP contribution in [0.3, 0.4) is 0 Å². The lowest BCUT2D eigenvalue weighted by atomic mass is 10.1. The molecule has 0 bridgehead atoms. The molecule has 0 unspecified atom stereocenters. The van der Waals surface area contributed by atoms with E-state index in [0.29, 0.717) is 5.57 Å². The van der Waals surface area contributed by atoms with Crippen LogP contribution < -0.4 is 0 Å². The molecule has 0 radical (unpaired) electrons. The van der Waals surface area contributed by atoms with E-state index in [-0.39, 0.29) is 0 Å². The highest BCUT2D eigenvalue weighted by Crippen LogP contribution is 2.05. The fraction of sp³-hybridized carbons (Fsp3) is 0. The lowest BCUT2D eigenvalue weighted by molar-refractivity contribution is -0.109. The van der Waals surface area contributed by atoms with Crippen molar-refractivity contribution in [3.63, 3.8) is 0 Å². The molecule has 2 nitrogen and oxygen atoms in total. The molecule has 0 aromatic carbocycles. The molecular weight excluding hydrogens is 186 g/mol. The largest absolute Gasteiger partial charge is 0.286 e. The molecule has 0 amide bonds. The average Bonchev–Trinajstić information content (AvgIpc) is 2.02. The van der Waals surface area contributed by atoms with Crippen LogP contribution >= 0.6 is 11.6 Å². The zero-order chi connectivity index (χ0) is 9.68. The number of halogens is 1. The standard InChI is InChI=1S/C10H8ClNO/c11-10(12)9(13)8-6-4-2-1-3-5-7-8/h1-7,12H/b2-1-,3-1?,4-2?,5-3-,6-4-,7-5?,8-6?,8-7+,12-10?. The van der Waals surface area contributed by atoms with Gasteiger partial charge in [0.25, 0.3) is 0 Å². The van der Waals surface area contributed by atoms with Gasteiger partial charge in [-0.2, -0.15) is 0 Å². The number of allylic oxidation sites excluding steroid dienone is 8. The lowest BCUT2D eigenvalue weighted by Gasteiger charge is -1.96. The van der Waals surface area contributed by atoms with Crippen LogP contribution in [-0.2, 0) is 4.79 Å². The van der Waals surface area contributed by atoms with E-state index in [0.717, 1.165) is 0 Å². The summed E-state index contributed by atoms with van der Waals surface area (Å²) < 4.78 is 0. The summed E-state index contributed by atoms with van der Waals surface area (Å²) >= 11 is 5.27. The van der Waals surface area contributed by atoms with Crippen molar-refractivity contribution in [1.82, 2.24) is 0 Å². The van der Waals surface area contributed by atoms with Crippen molar-refractivity contribution in [2.24, 2.45) is 0 Å². The summed E-state index contributed by atoms with van der Waals surface area (Å²) in [6, 6.07) is 0. The average molecular weight is 194 g/mol. The maximum Gasteiger partial charge on any atom is 0.222 e. The topological polar surface area (TPSA) is 40.9 Å². The minimum absolute atomic E-state index is 0.417. The lowest BCUT2D eigenvalue weighted by Crippen LogP contribution is -2.07. The van der Waals surface area contributed by atoms with Crippen LogP contribution in [0.2, 0.25) is 0 Å². The van der Waals surface area contributed by atoms with Crippen LogP contribution in [0.4, 0.5) is 0 Å². The van der Waals surface area contributed by atoms with Gasteiger partial charge in [-0.3, -0.25) is 10.2 Å². The molecule has 0 heterocycles. The molecular formula is C10H8ClNO. The fourth-order valence-electron chi connectivity index (χ4n) is 0.845. The molecule has 3 heteroatoms. The molecule has 0 aromatic rings. The van der Waals surface area contributed by atoms with E-state index in [1.54, 1.807) is 36.5 Å². The van der Waals surface area contributed by atoms with Crippen molar-refractivity contribution >= 4 is 22.6 Å². The second-order valence-electron chi connectivity index (χ2n) is 2.39. The van der Waals surface area contributed by atoms with Gasteiger partial charge in [-0.1, -0.05) is 54.1 Å². The van der Waals surface area contributed by atoms with Crippen molar-refractivity contribution in [3.8, 4) is 0 Å². The molecule has 0 saturated heterocycles. The molecule has 0 spiro atoms. The van der Waals surface area contributed by atoms with Crippen molar-refractivity contribution in [2.75, 3.05) is 0 Å². The Hall–Kier alpha value is -1.41. The Morgan fingerprint density at radius 3 is 2.46 bits per heavy atom. The van der Waals surface area contributed by atoms with Gasteiger partial charge in [0, 0.05) is 5.57 Å². The Labute approximate surface area is 81.4 Å². The maximum atomic E-state index is 11.2. The molecule has 1 N–H and O–H groups in total. The molecule has 0 aromatic heterocycles. The molecule has 0 saturated carbocycles. The first-order valence-electron chi connectivity index (χ1n) is 3.72. The van der Waals surface area contributed by atoms with Gasteiger partial charge in [-0.25, -0.2) is 0 Å². The summed E-state index contributed by atoms with van der Waals surface area (Å²) in [6.45, 7) is 0. The van der Waals surface area contributed by atoms with Crippen LogP contribution in [0.5, 0.6) is 0 Å². The van der Waals surface area contributed by atoms with Crippen LogP contribution in [0.25, 0.3) is 0 Å². The van der Waals surface area contributed by atoms with Gasteiger partial charge in [-0.05, 0) is 0 Å². The fourth-order valence-corrected chi connectivity index (χ4v) is 0.954. The molecule has 1 aliphatic rings. The molecule has 13 heavy (non-hydrogen) atoms. The Balaban J connectivity index is 2.91. The summed E-state index contributed by atoms with van der Waals surface area (Å²) in [4.78, 5) is 11.2. The molecule has 0 atom stereocenters. The van der Waals surface area contributed by atoms with Crippen molar-refractivity contribution in [2.45, 2.75) is 0 Å². The second kappa shape index (κ2) is 4.58. The summed E-state index contributed by atoms with van der Waals surface area (Å²) in [7, 11) is 0. The van der Waals surface area contributed by atoms with E-state index in [4.69, 9.17) is 17.0 Å². The van der Waals surface area contributed by atoms with Crippen LogP contribution in [0, 0.1) is 5.41 Å². The van der Waals surface area contributed by atoms with Gasteiger partial charge in [-0.15, -0.1) is 0 Å². The number of ketones is 1. The van der Waals surface area contributed by atoms with E-state index < -0.39 is 11.0 Å². The highest BCUT2D eigenvalue weighted by Gasteiger charge is 2.09. The van der Waals surface area contributed by atoms with E-state index in [1.807, 2.05) is 6.08 Å². The highest BCUT2D eigenvalue weighted by molar-refractivity contribution is 6.84. The minimum Gasteiger partial charge on any atom is -0.286 e.